The van der Waals surface area contributed by atoms with Gasteiger partial charge < -0.3 is 14.8 Å². The van der Waals surface area contributed by atoms with Crippen molar-refractivity contribution in [2.75, 3.05) is 12.4 Å². The topological polar surface area (TPSA) is 64.6 Å². The summed E-state index contributed by atoms with van der Waals surface area (Å²) in [5, 5.41) is 3.88. The molecule has 1 aliphatic rings. The Morgan fingerprint density at radius 3 is 2.84 bits per heavy atom. The van der Waals surface area contributed by atoms with Crippen LogP contribution in [0.2, 0.25) is 5.02 Å². The van der Waals surface area contributed by atoms with Crippen molar-refractivity contribution < 1.29 is 19.1 Å². The number of fused-ring (bicyclic) bond motifs is 1. The Balaban J connectivity index is 1.75. The molecule has 0 fully saturated rings. The standard InChI is InChI=1S/C18H18ClNO4S/c1-10(24-12-6-3-5-11(19)9-12)16(21)20-17-15(18(22)23-2)13-7-4-8-14(13)25-17/h3,5-6,9-10H,4,7-8H2,1-2H3,(H,20,21)/t10-/m0/s1. The van der Waals surface area contributed by atoms with Crippen LogP contribution < -0.4 is 10.1 Å². The number of halogens is 1. The van der Waals surface area contributed by atoms with E-state index in [4.69, 9.17) is 21.1 Å². The van der Waals surface area contributed by atoms with E-state index in [1.165, 1.54) is 18.4 Å². The predicted octanol–water partition coefficient (Wildman–Crippen LogP) is 4.08. The van der Waals surface area contributed by atoms with Gasteiger partial charge in [0.15, 0.2) is 6.10 Å². The highest BCUT2D eigenvalue weighted by Gasteiger charge is 2.29. The first-order chi connectivity index (χ1) is 12.0. The summed E-state index contributed by atoms with van der Waals surface area (Å²) >= 11 is 7.36. The zero-order valence-electron chi connectivity index (χ0n) is 13.9. The second kappa shape index (κ2) is 7.45. The molecule has 0 bridgehead atoms. The fourth-order valence-electron chi connectivity index (χ4n) is 2.82. The van der Waals surface area contributed by atoms with Gasteiger partial charge in [-0.05, 0) is 49.9 Å². The van der Waals surface area contributed by atoms with Crippen molar-refractivity contribution in [1.82, 2.24) is 0 Å². The number of hydrogen-bond donors (Lipinski definition) is 1. The Labute approximate surface area is 154 Å². The van der Waals surface area contributed by atoms with E-state index >= 15 is 0 Å². The highest BCUT2D eigenvalue weighted by atomic mass is 35.5. The van der Waals surface area contributed by atoms with E-state index in [1.807, 2.05) is 0 Å². The highest BCUT2D eigenvalue weighted by molar-refractivity contribution is 7.17. The minimum Gasteiger partial charge on any atom is -0.481 e. The number of rotatable bonds is 5. The monoisotopic (exact) mass is 379 g/mol. The lowest BCUT2D eigenvalue weighted by Gasteiger charge is -2.15. The summed E-state index contributed by atoms with van der Waals surface area (Å²) < 4.78 is 10.5. The average Bonchev–Trinajstić information content (AvgIpc) is 3.14. The SMILES string of the molecule is COC(=O)c1c(NC(=O)[C@H](C)Oc2cccc(Cl)c2)sc2c1CCC2. The second-order valence-electron chi connectivity index (χ2n) is 5.76. The molecular weight excluding hydrogens is 362 g/mol. The van der Waals surface area contributed by atoms with Gasteiger partial charge in [0, 0.05) is 9.90 Å². The van der Waals surface area contributed by atoms with Crippen LogP contribution in [0.1, 0.15) is 34.1 Å². The minimum absolute atomic E-state index is 0.329. The Kier molecular flexibility index (Phi) is 5.30. The number of methoxy groups -OCH3 is 1. The van der Waals surface area contributed by atoms with Gasteiger partial charge in [-0.3, -0.25) is 4.79 Å². The molecule has 1 atom stereocenters. The van der Waals surface area contributed by atoms with Gasteiger partial charge in [-0.1, -0.05) is 17.7 Å². The summed E-state index contributed by atoms with van der Waals surface area (Å²) in [4.78, 5) is 25.7. The number of carbonyl (C=O) groups excluding carboxylic acids is 2. The summed E-state index contributed by atoms with van der Waals surface area (Å²) in [6, 6.07) is 6.86. The summed E-state index contributed by atoms with van der Waals surface area (Å²) in [6.45, 7) is 1.65. The average molecular weight is 380 g/mol. The molecule has 0 saturated heterocycles. The lowest BCUT2D eigenvalue weighted by Crippen LogP contribution is -2.30. The van der Waals surface area contributed by atoms with E-state index in [0.29, 0.717) is 21.3 Å². The number of hydrogen-bond acceptors (Lipinski definition) is 5. The Morgan fingerprint density at radius 2 is 2.12 bits per heavy atom. The van der Waals surface area contributed by atoms with Crippen molar-refractivity contribution in [1.29, 1.82) is 0 Å². The van der Waals surface area contributed by atoms with Gasteiger partial charge in [0.05, 0.1) is 12.7 Å². The largest absolute Gasteiger partial charge is 0.481 e. The number of anilines is 1. The van der Waals surface area contributed by atoms with Crippen LogP contribution in [0.3, 0.4) is 0 Å². The molecule has 132 valence electrons. The first-order valence-corrected chi connectivity index (χ1v) is 9.15. The molecule has 0 saturated carbocycles. The predicted molar refractivity (Wildman–Crippen MR) is 97.9 cm³/mol. The van der Waals surface area contributed by atoms with Crippen molar-refractivity contribution >= 4 is 39.8 Å². The molecule has 1 N–H and O–H groups in total. The number of nitrogens with one attached hydrogen (secondary N) is 1. The third kappa shape index (κ3) is 3.80. The van der Waals surface area contributed by atoms with E-state index < -0.39 is 12.1 Å². The van der Waals surface area contributed by atoms with Crippen LogP contribution in [-0.2, 0) is 22.4 Å². The Hall–Kier alpha value is -2.05. The highest BCUT2D eigenvalue weighted by Crippen LogP contribution is 2.39. The van der Waals surface area contributed by atoms with Crippen LogP contribution >= 0.6 is 22.9 Å². The fourth-order valence-corrected chi connectivity index (χ4v) is 4.28. The zero-order chi connectivity index (χ0) is 18.0. The maximum absolute atomic E-state index is 12.5. The van der Waals surface area contributed by atoms with E-state index in [-0.39, 0.29) is 5.91 Å². The summed E-state index contributed by atoms with van der Waals surface area (Å²) in [7, 11) is 1.35. The van der Waals surface area contributed by atoms with E-state index in [0.717, 1.165) is 29.7 Å². The summed E-state index contributed by atoms with van der Waals surface area (Å²) in [6.07, 6.45) is 2.05. The molecule has 1 aromatic carbocycles. The maximum atomic E-state index is 12.5. The minimum atomic E-state index is -0.735. The van der Waals surface area contributed by atoms with Crippen LogP contribution in [0.4, 0.5) is 5.00 Å². The Morgan fingerprint density at radius 1 is 1.32 bits per heavy atom. The molecule has 7 heteroatoms. The van der Waals surface area contributed by atoms with Crippen molar-refractivity contribution in [2.24, 2.45) is 0 Å². The number of benzene rings is 1. The fraction of sp³-hybridized carbons (Fsp3) is 0.333. The summed E-state index contributed by atoms with van der Waals surface area (Å²) in [5.41, 5.74) is 1.47. The molecule has 1 amide bonds. The van der Waals surface area contributed by atoms with Crippen molar-refractivity contribution in [2.45, 2.75) is 32.3 Å². The van der Waals surface area contributed by atoms with E-state index in [1.54, 1.807) is 31.2 Å². The first kappa shape index (κ1) is 17.8. The quantitative estimate of drug-likeness (QED) is 0.795. The van der Waals surface area contributed by atoms with Gasteiger partial charge in [0.1, 0.15) is 10.8 Å². The van der Waals surface area contributed by atoms with Gasteiger partial charge >= 0.3 is 5.97 Å². The number of amides is 1. The molecule has 2 aromatic rings. The number of aryl methyl sites for hydroxylation is 1. The molecular formula is C18H18ClNO4S. The number of ether oxygens (including phenoxy) is 2. The third-order valence-corrected chi connectivity index (χ3v) is 5.47. The normalized spacial score (nSPS) is 13.9. The van der Waals surface area contributed by atoms with Crippen molar-refractivity contribution in [3.63, 3.8) is 0 Å². The van der Waals surface area contributed by atoms with Crippen molar-refractivity contribution in [3.05, 3.63) is 45.3 Å². The van der Waals surface area contributed by atoms with Crippen LogP contribution in [-0.4, -0.2) is 25.1 Å². The van der Waals surface area contributed by atoms with Crippen LogP contribution in [0.15, 0.2) is 24.3 Å². The molecule has 0 radical (unpaired) electrons. The molecule has 0 spiro atoms. The molecule has 1 heterocycles. The van der Waals surface area contributed by atoms with Gasteiger partial charge in [-0.25, -0.2) is 4.79 Å². The van der Waals surface area contributed by atoms with E-state index in [2.05, 4.69) is 5.32 Å². The van der Waals surface area contributed by atoms with Crippen LogP contribution in [0.25, 0.3) is 0 Å². The molecule has 0 unspecified atom stereocenters. The number of carbonyl (C=O) groups is 2. The first-order valence-electron chi connectivity index (χ1n) is 7.95. The summed E-state index contributed by atoms with van der Waals surface area (Å²) in [5.74, 6) is -0.236. The maximum Gasteiger partial charge on any atom is 0.341 e. The third-order valence-electron chi connectivity index (χ3n) is 4.03. The number of thiophene rings is 1. The molecule has 3 rings (SSSR count). The van der Waals surface area contributed by atoms with Gasteiger partial charge in [0.2, 0.25) is 0 Å². The Bertz CT molecular complexity index is 817. The van der Waals surface area contributed by atoms with E-state index in [9.17, 15) is 9.59 Å². The van der Waals surface area contributed by atoms with Crippen molar-refractivity contribution in [3.8, 4) is 5.75 Å². The second-order valence-corrected chi connectivity index (χ2v) is 7.30. The van der Waals surface area contributed by atoms with Crippen LogP contribution in [0.5, 0.6) is 5.75 Å². The van der Waals surface area contributed by atoms with Gasteiger partial charge in [-0.15, -0.1) is 11.3 Å². The smallest absolute Gasteiger partial charge is 0.341 e. The zero-order valence-corrected chi connectivity index (χ0v) is 15.5. The van der Waals surface area contributed by atoms with Gasteiger partial charge in [0.25, 0.3) is 5.91 Å². The molecule has 1 aromatic heterocycles. The lowest BCUT2D eigenvalue weighted by atomic mass is 10.1. The van der Waals surface area contributed by atoms with Crippen LogP contribution in [0, 0.1) is 0 Å². The molecule has 25 heavy (non-hydrogen) atoms. The lowest BCUT2D eigenvalue weighted by molar-refractivity contribution is -0.122. The molecule has 0 aliphatic heterocycles. The number of esters is 1. The van der Waals surface area contributed by atoms with Gasteiger partial charge in [-0.2, -0.15) is 0 Å². The molecule has 1 aliphatic carbocycles. The molecule has 5 nitrogen and oxygen atoms in total.